The van der Waals surface area contributed by atoms with Crippen LogP contribution in [0, 0.1) is 13.8 Å². The molecule has 1 N–H and O–H groups in total. The smallest absolute Gasteiger partial charge is 0.260 e. The van der Waals surface area contributed by atoms with E-state index < -0.39 is 0 Å². The molecule has 3 rings (SSSR count). The van der Waals surface area contributed by atoms with E-state index in [1.54, 1.807) is 36.3 Å². The number of benzene rings is 2. The van der Waals surface area contributed by atoms with E-state index in [-0.39, 0.29) is 11.7 Å². The molecule has 1 heterocycles. The lowest BCUT2D eigenvalue weighted by atomic mass is 10.1. The van der Waals surface area contributed by atoms with Gasteiger partial charge >= 0.3 is 0 Å². The lowest BCUT2D eigenvalue weighted by Gasteiger charge is -2.24. The maximum atomic E-state index is 13.4. The summed E-state index contributed by atoms with van der Waals surface area (Å²) < 4.78 is 7.35. The van der Waals surface area contributed by atoms with Gasteiger partial charge in [-0.2, -0.15) is 0 Å². The lowest BCUT2D eigenvalue weighted by molar-refractivity contribution is 0.0984. The number of methoxy groups -OCH3 is 1. The second-order valence-electron chi connectivity index (χ2n) is 6.58. The maximum absolute atomic E-state index is 13.4. The zero-order valence-corrected chi connectivity index (χ0v) is 16.1. The summed E-state index contributed by atoms with van der Waals surface area (Å²) in [5.74, 6) is 0.877. The number of anilines is 1. The quantitative estimate of drug-likeness (QED) is 0.738. The van der Waals surface area contributed by atoms with Gasteiger partial charge < -0.3 is 19.3 Å². The van der Waals surface area contributed by atoms with Gasteiger partial charge in [0.05, 0.1) is 19.2 Å². The highest BCUT2D eigenvalue weighted by Gasteiger charge is 2.22. The molecule has 0 saturated heterocycles. The molecule has 0 spiro atoms. The van der Waals surface area contributed by atoms with Crippen LogP contribution in [0.2, 0.25) is 0 Å². The summed E-state index contributed by atoms with van der Waals surface area (Å²) in [4.78, 5) is 15.1. The fourth-order valence-electron chi connectivity index (χ4n) is 3.12. The van der Waals surface area contributed by atoms with Gasteiger partial charge in [-0.15, -0.1) is 0 Å². The van der Waals surface area contributed by atoms with Gasteiger partial charge in [0.2, 0.25) is 0 Å². The summed E-state index contributed by atoms with van der Waals surface area (Å²) in [6.07, 6.45) is 1.88. The molecule has 1 aromatic heterocycles. The highest BCUT2D eigenvalue weighted by Crippen LogP contribution is 2.27. The maximum Gasteiger partial charge on any atom is 0.260 e. The Morgan fingerprint density at radius 3 is 2.41 bits per heavy atom. The van der Waals surface area contributed by atoms with Crippen LogP contribution in [-0.4, -0.2) is 22.7 Å². The number of amides is 1. The number of aromatic hydroxyl groups is 1. The van der Waals surface area contributed by atoms with Crippen LogP contribution in [-0.2, 0) is 13.6 Å². The molecule has 0 atom stereocenters. The number of carbonyl (C=O) groups is 1. The van der Waals surface area contributed by atoms with Crippen LogP contribution in [0.3, 0.4) is 0 Å². The Morgan fingerprint density at radius 2 is 1.81 bits per heavy atom. The van der Waals surface area contributed by atoms with Crippen LogP contribution in [0.4, 0.5) is 5.69 Å². The number of carbonyl (C=O) groups excluding carboxylic acids is 1. The van der Waals surface area contributed by atoms with Gasteiger partial charge in [-0.25, -0.2) is 0 Å². The third-order valence-corrected chi connectivity index (χ3v) is 4.97. The van der Waals surface area contributed by atoms with Gasteiger partial charge in [0.1, 0.15) is 11.5 Å². The summed E-state index contributed by atoms with van der Waals surface area (Å²) >= 11 is 0. The first-order valence-electron chi connectivity index (χ1n) is 8.77. The van der Waals surface area contributed by atoms with Crippen molar-refractivity contribution in [2.24, 2.45) is 7.05 Å². The first-order valence-corrected chi connectivity index (χ1v) is 8.77. The van der Waals surface area contributed by atoms with Gasteiger partial charge in [-0.3, -0.25) is 4.79 Å². The fraction of sp³-hybridized carbons (Fsp3) is 0.227. The predicted octanol–water partition coefficient (Wildman–Crippen LogP) is 4.20. The van der Waals surface area contributed by atoms with Crippen molar-refractivity contribution in [3.05, 3.63) is 77.1 Å². The van der Waals surface area contributed by atoms with Gasteiger partial charge in [-0.05, 0) is 61.4 Å². The van der Waals surface area contributed by atoms with Crippen LogP contribution in [0.15, 0.2) is 54.7 Å². The Kier molecular flexibility index (Phi) is 5.21. The molecule has 0 aliphatic rings. The number of aryl methyl sites for hydroxylation is 1. The molecule has 0 bridgehead atoms. The monoisotopic (exact) mass is 364 g/mol. The zero-order chi connectivity index (χ0) is 19.6. The molecule has 0 aliphatic heterocycles. The Hall–Kier alpha value is -3.21. The molecule has 1 amide bonds. The average molecular weight is 364 g/mol. The van der Waals surface area contributed by atoms with E-state index in [1.165, 1.54) is 0 Å². The van der Waals surface area contributed by atoms with E-state index in [0.29, 0.717) is 12.1 Å². The normalized spacial score (nSPS) is 10.7. The van der Waals surface area contributed by atoms with E-state index >= 15 is 0 Å². The number of rotatable bonds is 5. The summed E-state index contributed by atoms with van der Waals surface area (Å²) in [5.41, 5.74) is 4.30. The van der Waals surface area contributed by atoms with Crippen LogP contribution in [0.5, 0.6) is 11.5 Å². The first kappa shape index (κ1) is 18.6. The van der Waals surface area contributed by atoms with Gasteiger partial charge in [0, 0.05) is 24.6 Å². The van der Waals surface area contributed by atoms with Crippen molar-refractivity contribution in [2.45, 2.75) is 20.4 Å². The predicted molar refractivity (Wildman–Crippen MR) is 107 cm³/mol. The molecule has 0 saturated carbocycles. The van der Waals surface area contributed by atoms with E-state index in [1.807, 2.05) is 55.9 Å². The second-order valence-corrected chi connectivity index (χ2v) is 6.58. The van der Waals surface area contributed by atoms with E-state index in [2.05, 4.69) is 0 Å². The molecule has 140 valence electrons. The van der Waals surface area contributed by atoms with Crippen molar-refractivity contribution >= 4 is 11.6 Å². The van der Waals surface area contributed by atoms with E-state index in [4.69, 9.17) is 4.74 Å². The highest BCUT2D eigenvalue weighted by molar-refractivity contribution is 6.06. The van der Waals surface area contributed by atoms with E-state index in [0.717, 1.165) is 28.3 Å². The number of hydrogen-bond donors (Lipinski definition) is 1. The minimum atomic E-state index is -0.0824. The number of ether oxygens (including phenoxy) is 1. The molecule has 0 fully saturated rings. The summed E-state index contributed by atoms with van der Waals surface area (Å²) in [6.45, 7) is 4.32. The summed E-state index contributed by atoms with van der Waals surface area (Å²) in [7, 11) is 3.56. The molecule has 0 aliphatic carbocycles. The lowest BCUT2D eigenvalue weighted by Crippen LogP contribution is -2.31. The number of phenols is 1. The summed E-state index contributed by atoms with van der Waals surface area (Å²) in [5, 5.41) is 9.62. The standard InChI is InChI=1S/C22H24N2O3/c1-15-17(6-5-7-21(15)27-4)14-24(18-8-10-19(25)11-9-18)22(26)20-12-13-23(3)16(20)2/h5-13,25H,14H2,1-4H3. The third-order valence-electron chi connectivity index (χ3n) is 4.97. The molecule has 5 nitrogen and oxygen atoms in total. The molecular weight excluding hydrogens is 340 g/mol. The average Bonchev–Trinajstić information content (AvgIpc) is 3.00. The Bertz CT molecular complexity index is 958. The van der Waals surface area contributed by atoms with Crippen LogP contribution >= 0.6 is 0 Å². The molecule has 3 aromatic rings. The van der Waals surface area contributed by atoms with Crippen LogP contribution in [0.25, 0.3) is 0 Å². The van der Waals surface area contributed by atoms with Crippen molar-refractivity contribution in [1.82, 2.24) is 4.57 Å². The van der Waals surface area contributed by atoms with Gasteiger partial charge in [0.25, 0.3) is 5.91 Å². The minimum Gasteiger partial charge on any atom is -0.508 e. The zero-order valence-electron chi connectivity index (χ0n) is 16.1. The topological polar surface area (TPSA) is 54.7 Å². The van der Waals surface area contributed by atoms with Crippen molar-refractivity contribution in [2.75, 3.05) is 12.0 Å². The van der Waals surface area contributed by atoms with Crippen molar-refractivity contribution in [3.8, 4) is 11.5 Å². The van der Waals surface area contributed by atoms with Crippen LogP contribution < -0.4 is 9.64 Å². The van der Waals surface area contributed by atoms with Gasteiger partial charge in [-0.1, -0.05) is 12.1 Å². The molecular formula is C22H24N2O3. The molecule has 27 heavy (non-hydrogen) atoms. The minimum absolute atomic E-state index is 0.0824. The molecule has 5 heteroatoms. The number of hydrogen-bond acceptors (Lipinski definition) is 3. The SMILES string of the molecule is COc1cccc(CN(C(=O)c2ccn(C)c2C)c2ccc(O)cc2)c1C. The summed E-state index contributed by atoms with van der Waals surface area (Å²) in [6, 6.07) is 14.3. The Balaban J connectivity index is 2.04. The van der Waals surface area contributed by atoms with E-state index in [9.17, 15) is 9.90 Å². The van der Waals surface area contributed by atoms with Crippen molar-refractivity contribution < 1.29 is 14.6 Å². The first-order chi connectivity index (χ1) is 12.9. The number of aromatic nitrogens is 1. The largest absolute Gasteiger partial charge is 0.508 e. The molecule has 0 radical (unpaired) electrons. The molecule has 0 unspecified atom stereocenters. The van der Waals surface area contributed by atoms with Crippen molar-refractivity contribution in [3.63, 3.8) is 0 Å². The number of phenolic OH excluding ortho intramolecular Hbond substituents is 1. The van der Waals surface area contributed by atoms with Crippen LogP contribution in [0.1, 0.15) is 27.2 Å². The highest BCUT2D eigenvalue weighted by atomic mass is 16.5. The number of nitrogens with zero attached hydrogens (tertiary/aromatic N) is 2. The Labute approximate surface area is 159 Å². The van der Waals surface area contributed by atoms with Crippen molar-refractivity contribution in [1.29, 1.82) is 0 Å². The second kappa shape index (κ2) is 7.58. The fourth-order valence-corrected chi connectivity index (χ4v) is 3.12. The van der Waals surface area contributed by atoms with Gasteiger partial charge in [0.15, 0.2) is 0 Å². The molecule has 2 aromatic carbocycles. The Morgan fingerprint density at radius 1 is 1.11 bits per heavy atom. The third kappa shape index (κ3) is 3.67.